The molecule has 12 heavy (non-hydrogen) atoms. The number of amides is 1. The van der Waals surface area contributed by atoms with Crippen molar-refractivity contribution in [1.29, 1.82) is 0 Å². The Bertz CT molecular complexity index is 263. The molecule has 0 spiro atoms. The van der Waals surface area contributed by atoms with E-state index in [9.17, 15) is 9.18 Å². The average Bonchev–Trinajstić information content (AvgIpc) is 2.08. The van der Waals surface area contributed by atoms with Gasteiger partial charge in [-0.1, -0.05) is 12.1 Å². The summed E-state index contributed by atoms with van der Waals surface area (Å²) in [5.74, 6) is -0.687. The Kier molecular flexibility index (Phi) is 4.45. The van der Waals surface area contributed by atoms with E-state index in [1.54, 1.807) is 12.1 Å². The van der Waals surface area contributed by atoms with Gasteiger partial charge in [0.25, 0.3) is 5.91 Å². The highest BCUT2D eigenvalue weighted by Crippen LogP contribution is 2.13. The maximum atomic E-state index is 10.5. The van der Waals surface area contributed by atoms with Crippen LogP contribution in [-0.2, 0) is 0 Å². The van der Waals surface area contributed by atoms with E-state index < -0.39 is 5.91 Å². The van der Waals surface area contributed by atoms with Crippen molar-refractivity contribution in [2.24, 2.45) is 5.73 Å². The first-order valence-electron chi connectivity index (χ1n) is 3.17. The Morgan fingerprint density at radius 2 is 1.92 bits per heavy atom. The largest absolute Gasteiger partial charge is 0.507 e. The summed E-state index contributed by atoms with van der Waals surface area (Å²) in [7, 11) is 0.500. The van der Waals surface area contributed by atoms with E-state index in [1.165, 1.54) is 12.1 Å². The molecule has 0 bridgehead atoms. The van der Waals surface area contributed by atoms with Gasteiger partial charge < -0.3 is 10.8 Å². The second kappa shape index (κ2) is 5.12. The molecule has 1 aromatic carbocycles. The minimum absolute atomic E-state index is 0.0741. The van der Waals surface area contributed by atoms with E-state index >= 15 is 0 Å². The molecule has 0 radical (unpaired) electrons. The Hall–Kier alpha value is -1.58. The summed E-state index contributed by atoms with van der Waals surface area (Å²) in [4.78, 5) is 10.5. The van der Waals surface area contributed by atoms with Crippen molar-refractivity contribution in [3.63, 3.8) is 0 Å². The lowest BCUT2D eigenvalue weighted by atomic mass is 10.2. The molecule has 1 rings (SSSR count). The molecule has 0 aliphatic rings. The molecule has 3 nitrogen and oxygen atoms in total. The molecule has 1 amide bonds. The quantitative estimate of drug-likeness (QED) is 0.664. The highest BCUT2D eigenvalue weighted by molar-refractivity contribution is 5.95. The van der Waals surface area contributed by atoms with E-state index in [0.29, 0.717) is 7.18 Å². The third kappa shape index (κ3) is 2.57. The number of carbonyl (C=O) groups excluding carboxylic acids is 1. The number of nitrogens with two attached hydrogens (primary N) is 1. The molecule has 1 aromatic rings. The highest BCUT2D eigenvalue weighted by Gasteiger charge is 2.03. The van der Waals surface area contributed by atoms with Gasteiger partial charge in [-0.3, -0.25) is 9.18 Å². The molecule has 66 valence electrons. The van der Waals surface area contributed by atoms with Gasteiger partial charge in [0.1, 0.15) is 5.75 Å². The zero-order valence-corrected chi connectivity index (χ0v) is 6.62. The van der Waals surface area contributed by atoms with Gasteiger partial charge in [-0.15, -0.1) is 0 Å². The van der Waals surface area contributed by atoms with Crippen LogP contribution in [0, 0.1) is 0 Å². The monoisotopic (exact) mass is 171 g/mol. The number of halogens is 1. The molecule has 0 aromatic heterocycles. The fraction of sp³-hybridized carbons (Fsp3) is 0.125. The summed E-state index contributed by atoms with van der Waals surface area (Å²) >= 11 is 0. The molecule has 0 saturated heterocycles. The number of phenols is 1. The van der Waals surface area contributed by atoms with Gasteiger partial charge in [0.05, 0.1) is 12.7 Å². The lowest BCUT2D eigenvalue weighted by molar-refractivity contribution is 0.0998. The van der Waals surface area contributed by atoms with Crippen LogP contribution in [0.15, 0.2) is 24.3 Å². The first kappa shape index (κ1) is 10.4. The Morgan fingerprint density at radius 3 is 2.25 bits per heavy atom. The molecular formula is C8H10FNO2. The standard InChI is InChI=1S/C7H7NO2.CH3F/c8-7(10)5-3-1-2-4-6(5)9;1-2/h1-4,9H,(H2,8,10);1H3. The maximum absolute atomic E-state index is 10.5. The van der Waals surface area contributed by atoms with Crippen molar-refractivity contribution in [3.05, 3.63) is 29.8 Å². The van der Waals surface area contributed by atoms with Crippen molar-refractivity contribution >= 4 is 5.91 Å². The number of primary amides is 1. The van der Waals surface area contributed by atoms with Crippen LogP contribution in [0.4, 0.5) is 4.39 Å². The van der Waals surface area contributed by atoms with Crippen molar-refractivity contribution in [1.82, 2.24) is 0 Å². The number of hydrogen-bond donors (Lipinski definition) is 2. The van der Waals surface area contributed by atoms with Crippen LogP contribution < -0.4 is 5.73 Å². The highest BCUT2D eigenvalue weighted by atomic mass is 19.1. The molecule has 0 aliphatic carbocycles. The van der Waals surface area contributed by atoms with E-state index in [4.69, 9.17) is 10.8 Å². The lowest BCUT2D eigenvalue weighted by Gasteiger charge is -1.96. The van der Waals surface area contributed by atoms with Crippen molar-refractivity contribution in [2.75, 3.05) is 7.18 Å². The zero-order valence-electron chi connectivity index (χ0n) is 6.62. The fourth-order valence-corrected chi connectivity index (χ4v) is 0.682. The topological polar surface area (TPSA) is 63.3 Å². The number of alkyl halides is 1. The van der Waals surface area contributed by atoms with Crippen molar-refractivity contribution < 1.29 is 14.3 Å². The minimum Gasteiger partial charge on any atom is -0.507 e. The average molecular weight is 171 g/mol. The molecule has 0 atom stereocenters. The third-order valence-corrected chi connectivity index (χ3v) is 1.17. The molecule has 0 aliphatic heterocycles. The number of carbonyl (C=O) groups is 1. The minimum atomic E-state index is -0.613. The predicted octanol–water partition coefficient (Wildman–Crippen LogP) is 1.08. The molecule has 3 N–H and O–H groups in total. The summed E-state index contributed by atoms with van der Waals surface area (Å²) in [5.41, 5.74) is 5.07. The van der Waals surface area contributed by atoms with E-state index in [1.807, 2.05) is 0 Å². The van der Waals surface area contributed by atoms with Gasteiger partial charge >= 0.3 is 0 Å². The van der Waals surface area contributed by atoms with Crippen LogP contribution in [0.5, 0.6) is 5.75 Å². The van der Waals surface area contributed by atoms with Crippen LogP contribution in [0.25, 0.3) is 0 Å². The summed E-state index contributed by atoms with van der Waals surface area (Å²) in [6.07, 6.45) is 0. The summed E-state index contributed by atoms with van der Waals surface area (Å²) in [5, 5.41) is 8.98. The van der Waals surface area contributed by atoms with Gasteiger partial charge in [0, 0.05) is 0 Å². The van der Waals surface area contributed by atoms with Gasteiger partial charge in [0.2, 0.25) is 0 Å². The zero-order chi connectivity index (χ0) is 9.56. The van der Waals surface area contributed by atoms with Crippen molar-refractivity contribution in [3.8, 4) is 5.75 Å². The lowest BCUT2D eigenvalue weighted by Crippen LogP contribution is -2.10. The van der Waals surface area contributed by atoms with Crippen LogP contribution in [0.3, 0.4) is 0 Å². The number of para-hydroxylation sites is 1. The first-order chi connectivity index (χ1) is 5.72. The molecule has 0 heterocycles. The summed E-state index contributed by atoms with van der Waals surface area (Å²) in [6.45, 7) is 0. The van der Waals surface area contributed by atoms with Crippen LogP contribution in [0.1, 0.15) is 10.4 Å². The van der Waals surface area contributed by atoms with Gasteiger partial charge in [0.15, 0.2) is 0 Å². The number of benzene rings is 1. The van der Waals surface area contributed by atoms with Gasteiger partial charge in [-0.2, -0.15) is 0 Å². The first-order valence-corrected chi connectivity index (χ1v) is 3.17. The second-order valence-electron chi connectivity index (χ2n) is 1.88. The Labute approximate surface area is 69.6 Å². The SMILES string of the molecule is CF.NC(=O)c1ccccc1O. The molecule has 0 saturated carbocycles. The Morgan fingerprint density at radius 1 is 1.42 bits per heavy atom. The second-order valence-corrected chi connectivity index (χ2v) is 1.88. The maximum Gasteiger partial charge on any atom is 0.252 e. The normalized spacial score (nSPS) is 8.17. The smallest absolute Gasteiger partial charge is 0.252 e. The summed E-state index contributed by atoms with van der Waals surface area (Å²) < 4.78 is 9.50. The summed E-state index contributed by atoms with van der Waals surface area (Å²) in [6, 6.07) is 6.15. The van der Waals surface area contributed by atoms with Crippen molar-refractivity contribution in [2.45, 2.75) is 0 Å². The van der Waals surface area contributed by atoms with E-state index in [-0.39, 0.29) is 11.3 Å². The Balaban J connectivity index is 0.000000561. The molecule has 0 fully saturated rings. The third-order valence-electron chi connectivity index (χ3n) is 1.17. The van der Waals surface area contributed by atoms with Crippen LogP contribution in [0.2, 0.25) is 0 Å². The predicted molar refractivity (Wildman–Crippen MR) is 43.7 cm³/mol. The fourth-order valence-electron chi connectivity index (χ4n) is 0.682. The number of rotatable bonds is 1. The number of hydrogen-bond acceptors (Lipinski definition) is 2. The molecule has 4 heteroatoms. The van der Waals surface area contributed by atoms with Crippen LogP contribution >= 0.6 is 0 Å². The van der Waals surface area contributed by atoms with Gasteiger partial charge in [-0.05, 0) is 12.1 Å². The molecular weight excluding hydrogens is 161 g/mol. The van der Waals surface area contributed by atoms with E-state index in [0.717, 1.165) is 0 Å². The number of aromatic hydroxyl groups is 1. The molecule has 0 unspecified atom stereocenters. The van der Waals surface area contributed by atoms with E-state index in [2.05, 4.69) is 0 Å². The van der Waals surface area contributed by atoms with Gasteiger partial charge in [-0.25, -0.2) is 0 Å². The van der Waals surface area contributed by atoms with Crippen LogP contribution in [-0.4, -0.2) is 18.2 Å².